The molecule has 2 heteroatoms. The van der Waals surface area contributed by atoms with E-state index in [4.69, 9.17) is 4.84 Å². The number of rotatable bonds is 2. The van der Waals surface area contributed by atoms with Crippen LogP contribution in [0.15, 0.2) is 0 Å². The second-order valence-corrected chi connectivity index (χ2v) is 3.05. The maximum Gasteiger partial charge on any atom is 0.0575 e. The molecule has 0 amide bonds. The minimum Gasteiger partial charge on any atom is -0.302 e. The van der Waals surface area contributed by atoms with E-state index in [-0.39, 0.29) is 5.54 Å². The van der Waals surface area contributed by atoms with Crippen LogP contribution in [-0.4, -0.2) is 24.3 Å². The van der Waals surface area contributed by atoms with Gasteiger partial charge in [0.05, 0.1) is 7.11 Å². The standard InChI is InChI=1S/C7H17NO/c1-6-8(9-5)7(2,3)4/h6H2,1-5H3. The van der Waals surface area contributed by atoms with Crippen molar-refractivity contribution in [3.05, 3.63) is 0 Å². The Morgan fingerprint density at radius 1 is 1.33 bits per heavy atom. The smallest absolute Gasteiger partial charge is 0.0575 e. The summed E-state index contributed by atoms with van der Waals surface area (Å²) < 4.78 is 0. The highest BCUT2D eigenvalue weighted by atomic mass is 16.7. The molecule has 0 N–H and O–H groups in total. The Hall–Kier alpha value is -0.0800. The molecule has 0 aliphatic rings. The molecule has 0 spiro atoms. The number of nitrogens with zero attached hydrogens (tertiary/aromatic N) is 1. The van der Waals surface area contributed by atoms with Crippen LogP contribution in [-0.2, 0) is 4.84 Å². The van der Waals surface area contributed by atoms with Gasteiger partial charge in [-0.15, -0.1) is 0 Å². The zero-order valence-electron chi connectivity index (χ0n) is 7.06. The summed E-state index contributed by atoms with van der Waals surface area (Å²) in [6.07, 6.45) is 0. The Kier molecular flexibility index (Phi) is 3.15. The lowest BCUT2D eigenvalue weighted by molar-refractivity contribution is -0.183. The van der Waals surface area contributed by atoms with Crippen molar-refractivity contribution in [1.82, 2.24) is 5.06 Å². The summed E-state index contributed by atoms with van der Waals surface area (Å²) in [7, 11) is 1.70. The van der Waals surface area contributed by atoms with Gasteiger partial charge in [-0.3, -0.25) is 0 Å². The highest BCUT2D eigenvalue weighted by Crippen LogP contribution is 2.11. The van der Waals surface area contributed by atoms with Gasteiger partial charge in [-0.05, 0) is 20.8 Å². The van der Waals surface area contributed by atoms with E-state index in [1.165, 1.54) is 0 Å². The molecule has 0 aliphatic carbocycles. The molecule has 0 bridgehead atoms. The Balaban J connectivity index is 3.79. The number of hydrogen-bond donors (Lipinski definition) is 0. The lowest BCUT2D eigenvalue weighted by atomic mass is 10.1. The van der Waals surface area contributed by atoms with E-state index in [2.05, 4.69) is 27.7 Å². The predicted octanol–water partition coefficient (Wildman–Crippen LogP) is 1.67. The van der Waals surface area contributed by atoms with E-state index in [1.807, 2.05) is 5.06 Å². The molecule has 2 nitrogen and oxygen atoms in total. The molecule has 0 aromatic carbocycles. The van der Waals surface area contributed by atoms with Crippen LogP contribution in [0.5, 0.6) is 0 Å². The normalized spacial score (nSPS) is 12.7. The number of hydrogen-bond acceptors (Lipinski definition) is 2. The van der Waals surface area contributed by atoms with Gasteiger partial charge in [0.15, 0.2) is 0 Å². The summed E-state index contributed by atoms with van der Waals surface area (Å²) in [5.74, 6) is 0. The van der Waals surface area contributed by atoms with Gasteiger partial charge in [0.2, 0.25) is 0 Å². The van der Waals surface area contributed by atoms with E-state index >= 15 is 0 Å². The maximum absolute atomic E-state index is 5.10. The second kappa shape index (κ2) is 3.18. The molecule has 0 rings (SSSR count). The minimum atomic E-state index is 0.128. The molecule has 0 unspecified atom stereocenters. The summed E-state index contributed by atoms with van der Waals surface area (Å²) in [6.45, 7) is 9.38. The Morgan fingerprint density at radius 2 is 1.78 bits per heavy atom. The van der Waals surface area contributed by atoms with E-state index in [9.17, 15) is 0 Å². The molecule has 9 heavy (non-hydrogen) atoms. The fourth-order valence-corrected chi connectivity index (χ4v) is 0.877. The molecule has 0 fully saturated rings. The van der Waals surface area contributed by atoms with Gasteiger partial charge in [0.25, 0.3) is 0 Å². The highest BCUT2D eigenvalue weighted by Gasteiger charge is 2.18. The van der Waals surface area contributed by atoms with Crippen LogP contribution in [0.3, 0.4) is 0 Å². The first kappa shape index (κ1) is 8.92. The quantitative estimate of drug-likeness (QED) is 0.528. The van der Waals surface area contributed by atoms with Crippen molar-refractivity contribution >= 4 is 0 Å². The minimum absolute atomic E-state index is 0.128. The van der Waals surface area contributed by atoms with Crippen molar-refractivity contribution in [1.29, 1.82) is 0 Å². The molecular formula is C7H17NO. The Labute approximate surface area is 57.8 Å². The van der Waals surface area contributed by atoms with Gasteiger partial charge >= 0.3 is 0 Å². The van der Waals surface area contributed by atoms with Crippen molar-refractivity contribution in [2.45, 2.75) is 33.2 Å². The van der Waals surface area contributed by atoms with Gasteiger partial charge in [-0.2, -0.15) is 5.06 Å². The second-order valence-electron chi connectivity index (χ2n) is 3.05. The van der Waals surface area contributed by atoms with Crippen molar-refractivity contribution in [3.63, 3.8) is 0 Å². The lowest BCUT2D eigenvalue weighted by Crippen LogP contribution is -2.40. The molecular weight excluding hydrogens is 114 g/mol. The third-order valence-corrected chi connectivity index (χ3v) is 1.26. The third kappa shape index (κ3) is 2.82. The third-order valence-electron chi connectivity index (χ3n) is 1.26. The Bertz CT molecular complexity index is 71.5. The molecule has 0 radical (unpaired) electrons. The van der Waals surface area contributed by atoms with Gasteiger partial charge in [0, 0.05) is 12.1 Å². The van der Waals surface area contributed by atoms with Crippen LogP contribution in [0.4, 0.5) is 0 Å². The van der Waals surface area contributed by atoms with Crippen molar-refractivity contribution in [2.24, 2.45) is 0 Å². The fourth-order valence-electron chi connectivity index (χ4n) is 0.877. The van der Waals surface area contributed by atoms with Crippen molar-refractivity contribution in [3.8, 4) is 0 Å². The van der Waals surface area contributed by atoms with Gasteiger partial charge < -0.3 is 4.84 Å². The topological polar surface area (TPSA) is 12.5 Å². The molecule has 0 aromatic heterocycles. The Morgan fingerprint density at radius 3 is 1.78 bits per heavy atom. The zero-order valence-corrected chi connectivity index (χ0v) is 7.06. The van der Waals surface area contributed by atoms with Gasteiger partial charge in [0.1, 0.15) is 0 Å². The fraction of sp³-hybridized carbons (Fsp3) is 1.00. The first-order valence-corrected chi connectivity index (χ1v) is 3.34. The van der Waals surface area contributed by atoms with Crippen LogP contribution in [0.2, 0.25) is 0 Å². The molecule has 0 saturated heterocycles. The monoisotopic (exact) mass is 131 g/mol. The maximum atomic E-state index is 5.10. The van der Waals surface area contributed by atoms with E-state index in [1.54, 1.807) is 7.11 Å². The largest absolute Gasteiger partial charge is 0.302 e. The lowest BCUT2D eigenvalue weighted by Gasteiger charge is -2.31. The molecule has 0 aliphatic heterocycles. The molecule has 0 atom stereocenters. The average Bonchev–Trinajstić information content (AvgIpc) is 1.65. The summed E-state index contributed by atoms with van der Waals surface area (Å²) in [4.78, 5) is 5.10. The summed E-state index contributed by atoms with van der Waals surface area (Å²) >= 11 is 0. The van der Waals surface area contributed by atoms with E-state index in [0.717, 1.165) is 6.54 Å². The SMILES string of the molecule is CCN(OC)C(C)(C)C. The summed E-state index contributed by atoms with van der Waals surface area (Å²) in [6, 6.07) is 0. The predicted molar refractivity (Wildman–Crippen MR) is 39.1 cm³/mol. The first-order chi connectivity index (χ1) is 4.02. The van der Waals surface area contributed by atoms with Gasteiger partial charge in [-0.25, -0.2) is 0 Å². The van der Waals surface area contributed by atoms with E-state index in [0.29, 0.717) is 0 Å². The average molecular weight is 131 g/mol. The van der Waals surface area contributed by atoms with Crippen LogP contribution >= 0.6 is 0 Å². The van der Waals surface area contributed by atoms with E-state index < -0.39 is 0 Å². The van der Waals surface area contributed by atoms with Gasteiger partial charge in [-0.1, -0.05) is 6.92 Å². The van der Waals surface area contributed by atoms with Crippen LogP contribution in [0.1, 0.15) is 27.7 Å². The molecule has 0 heterocycles. The molecule has 0 saturated carbocycles. The molecule has 0 aromatic rings. The van der Waals surface area contributed by atoms with Crippen LogP contribution in [0, 0.1) is 0 Å². The number of hydroxylamine groups is 2. The summed E-state index contributed by atoms with van der Waals surface area (Å²) in [5, 5.41) is 1.94. The first-order valence-electron chi connectivity index (χ1n) is 3.34. The molecule has 56 valence electrons. The van der Waals surface area contributed by atoms with Crippen LogP contribution in [0.25, 0.3) is 0 Å². The van der Waals surface area contributed by atoms with Crippen LogP contribution < -0.4 is 0 Å². The summed E-state index contributed by atoms with van der Waals surface area (Å²) in [5.41, 5.74) is 0.128. The van der Waals surface area contributed by atoms with Crippen molar-refractivity contribution in [2.75, 3.05) is 13.7 Å². The zero-order chi connectivity index (χ0) is 7.49. The highest BCUT2D eigenvalue weighted by molar-refractivity contribution is 4.67. The van der Waals surface area contributed by atoms with Crippen molar-refractivity contribution < 1.29 is 4.84 Å².